The van der Waals surface area contributed by atoms with Crippen LogP contribution in [-0.4, -0.2) is 35.7 Å². The second-order valence-corrected chi connectivity index (χ2v) is 7.15. The van der Waals surface area contributed by atoms with Crippen molar-refractivity contribution in [2.45, 2.75) is 58.2 Å². The largest absolute Gasteiger partial charge is 0.458 e. The van der Waals surface area contributed by atoms with Gasteiger partial charge in [-0.15, -0.1) is 0 Å². The summed E-state index contributed by atoms with van der Waals surface area (Å²) in [5.74, 6) is 0.265. The molecular formula is C16H23N5O3. The second-order valence-electron chi connectivity index (χ2n) is 7.15. The molecule has 0 spiro atoms. The molecule has 0 fully saturated rings. The first-order valence-electron chi connectivity index (χ1n) is 8.14. The molecule has 0 aliphatic carbocycles. The number of rotatable bonds is 3. The van der Waals surface area contributed by atoms with Gasteiger partial charge in [0.25, 0.3) is 0 Å². The maximum atomic E-state index is 12.7. The minimum absolute atomic E-state index is 0.286. The lowest BCUT2D eigenvalue weighted by molar-refractivity contribution is -0.159. The predicted octanol–water partition coefficient (Wildman–Crippen LogP) is 1.05. The molecule has 1 atom stereocenters. The standard InChI is InChI=1S/C16H23N5O3/c1-16(2,3)24-14(22)12-6-5-7-13-18-20(15(23)21(12)13)10-11-8-9-19(4)17-11/h8-9,12H,5-7,10H2,1-4H3. The maximum absolute atomic E-state index is 12.7. The molecule has 3 rings (SSSR count). The van der Waals surface area contributed by atoms with Crippen LogP contribution in [-0.2, 0) is 29.5 Å². The van der Waals surface area contributed by atoms with Gasteiger partial charge in [-0.3, -0.25) is 9.25 Å². The monoisotopic (exact) mass is 333 g/mol. The summed E-state index contributed by atoms with van der Waals surface area (Å²) in [6.45, 7) is 5.76. The lowest BCUT2D eigenvalue weighted by atomic mass is 10.0. The fraction of sp³-hybridized carbons (Fsp3) is 0.625. The second kappa shape index (κ2) is 5.92. The van der Waals surface area contributed by atoms with E-state index in [2.05, 4.69) is 10.2 Å². The molecule has 0 aromatic carbocycles. The number of nitrogens with zero attached hydrogens (tertiary/aromatic N) is 5. The Morgan fingerprint density at radius 2 is 2.12 bits per heavy atom. The first kappa shape index (κ1) is 16.5. The van der Waals surface area contributed by atoms with E-state index in [9.17, 15) is 9.59 Å². The van der Waals surface area contributed by atoms with Crippen LogP contribution < -0.4 is 5.69 Å². The normalized spacial score (nSPS) is 17.6. The van der Waals surface area contributed by atoms with E-state index < -0.39 is 11.6 Å². The van der Waals surface area contributed by atoms with Crippen molar-refractivity contribution in [3.8, 4) is 0 Å². The number of hydrogen-bond acceptors (Lipinski definition) is 5. The fourth-order valence-electron chi connectivity index (χ4n) is 2.93. The Morgan fingerprint density at radius 1 is 1.38 bits per heavy atom. The Bertz CT molecular complexity index is 809. The van der Waals surface area contributed by atoms with Crippen molar-refractivity contribution >= 4 is 5.97 Å². The average Bonchev–Trinajstić information content (AvgIpc) is 3.02. The number of carbonyl (C=O) groups is 1. The molecule has 130 valence electrons. The first-order valence-corrected chi connectivity index (χ1v) is 8.14. The van der Waals surface area contributed by atoms with Crippen molar-refractivity contribution in [3.05, 3.63) is 34.3 Å². The van der Waals surface area contributed by atoms with Gasteiger partial charge in [0.15, 0.2) is 0 Å². The van der Waals surface area contributed by atoms with Crippen LogP contribution in [0.4, 0.5) is 0 Å². The predicted molar refractivity (Wildman–Crippen MR) is 86.6 cm³/mol. The van der Waals surface area contributed by atoms with E-state index in [0.717, 1.165) is 12.1 Å². The van der Waals surface area contributed by atoms with E-state index in [-0.39, 0.29) is 11.7 Å². The molecule has 0 radical (unpaired) electrons. The minimum atomic E-state index is -0.599. The Balaban J connectivity index is 1.90. The van der Waals surface area contributed by atoms with Crippen molar-refractivity contribution in [2.75, 3.05) is 0 Å². The van der Waals surface area contributed by atoms with Gasteiger partial charge in [0.1, 0.15) is 17.5 Å². The molecule has 8 nitrogen and oxygen atoms in total. The van der Waals surface area contributed by atoms with E-state index >= 15 is 0 Å². The summed E-state index contributed by atoms with van der Waals surface area (Å²) in [6.07, 6.45) is 3.91. The summed E-state index contributed by atoms with van der Waals surface area (Å²) in [4.78, 5) is 25.2. The molecule has 0 N–H and O–H groups in total. The highest BCUT2D eigenvalue weighted by Crippen LogP contribution is 2.25. The van der Waals surface area contributed by atoms with Gasteiger partial charge in [-0.05, 0) is 39.7 Å². The number of esters is 1. The summed E-state index contributed by atoms with van der Waals surface area (Å²) in [5.41, 5.74) is -0.113. The van der Waals surface area contributed by atoms with E-state index in [1.165, 1.54) is 9.25 Å². The third-order valence-electron chi connectivity index (χ3n) is 3.89. The molecule has 0 amide bonds. The van der Waals surface area contributed by atoms with Gasteiger partial charge in [0, 0.05) is 19.7 Å². The molecule has 1 unspecified atom stereocenters. The third kappa shape index (κ3) is 3.27. The van der Waals surface area contributed by atoms with Gasteiger partial charge in [-0.25, -0.2) is 14.3 Å². The Morgan fingerprint density at radius 3 is 2.75 bits per heavy atom. The van der Waals surface area contributed by atoms with Crippen LogP contribution in [0.25, 0.3) is 0 Å². The van der Waals surface area contributed by atoms with Gasteiger partial charge in [-0.1, -0.05) is 0 Å². The minimum Gasteiger partial charge on any atom is -0.458 e. The highest BCUT2D eigenvalue weighted by Gasteiger charge is 2.33. The molecule has 0 bridgehead atoms. The van der Waals surface area contributed by atoms with Crippen molar-refractivity contribution < 1.29 is 9.53 Å². The van der Waals surface area contributed by atoms with Gasteiger partial charge >= 0.3 is 11.7 Å². The molecule has 1 aliphatic heterocycles. The summed E-state index contributed by atoms with van der Waals surface area (Å²) >= 11 is 0. The molecular weight excluding hydrogens is 310 g/mol. The van der Waals surface area contributed by atoms with Crippen LogP contribution in [0.5, 0.6) is 0 Å². The Hall–Kier alpha value is -2.38. The number of fused-ring (bicyclic) bond motifs is 1. The third-order valence-corrected chi connectivity index (χ3v) is 3.89. The average molecular weight is 333 g/mol. The molecule has 3 heterocycles. The van der Waals surface area contributed by atoms with Crippen LogP contribution in [0.1, 0.15) is 51.2 Å². The molecule has 2 aromatic heterocycles. The van der Waals surface area contributed by atoms with Crippen molar-refractivity contribution in [3.63, 3.8) is 0 Å². The molecule has 1 aliphatic rings. The SMILES string of the molecule is Cn1ccc(Cn2nc3n(c2=O)C(C(=O)OC(C)(C)C)CCC3)n1. The molecule has 0 saturated heterocycles. The fourth-order valence-corrected chi connectivity index (χ4v) is 2.93. The van der Waals surface area contributed by atoms with Crippen LogP contribution >= 0.6 is 0 Å². The topological polar surface area (TPSA) is 83.9 Å². The van der Waals surface area contributed by atoms with E-state index in [0.29, 0.717) is 25.2 Å². The molecule has 0 saturated carbocycles. The van der Waals surface area contributed by atoms with Gasteiger partial charge in [0.05, 0.1) is 12.2 Å². The lowest BCUT2D eigenvalue weighted by Gasteiger charge is -2.26. The molecule has 24 heavy (non-hydrogen) atoms. The summed E-state index contributed by atoms with van der Waals surface area (Å²) in [7, 11) is 1.82. The number of aryl methyl sites for hydroxylation is 2. The van der Waals surface area contributed by atoms with Crippen molar-refractivity contribution in [2.24, 2.45) is 7.05 Å². The van der Waals surface area contributed by atoms with E-state index in [1.807, 2.05) is 40.1 Å². The summed E-state index contributed by atoms with van der Waals surface area (Å²) in [6, 6.07) is 1.24. The highest BCUT2D eigenvalue weighted by molar-refractivity contribution is 5.74. The van der Waals surface area contributed by atoms with Gasteiger partial charge < -0.3 is 4.74 Å². The van der Waals surface area contributed by atoms with Crippen LogP contribution in [0, 0.1) is 0 Å². The zero-order valence-corrected chi connectivity index (χ0v) is 14.5. The Kier molecular flexibility index (Phi) is 4.06. The van der Waals surface area contributed by atoms with Crippen LogP contribution in [0.2, 0.25) is 0 Å². The van der Waals surface area contributed by atoms with Crippen molar-refractivity contribution in [1.29, 1.82) is 0 Å². The van der Waals surface area contributed by atoms with Crippen LogP contribution in [0.3, 0.4) is 0 Å². The zero-order valence-electron chi connectivity index (χ0n) is 14.5. The number of carbonyl (C=O) groups excluding carboxylic acids is 1. The Labute approximate surface area is 140 Å². The van der Waals surface area contributed by atoms with E-state index in [4.69, 9.17) is 4.74 Å². The summed E-state index contributed by atoms with van der Waals surface area (Å²) in [5, 5.41) is 8.67. The van der Waals surface area contributed by atoms with Gasteiger partial charge in [-0.2, -0.15) is 10.2 Å². The smallest absolute Gasteiger partial charge is 0.347 e. The number of aromatic nitrogens is 5. The number of hydrogen-bond donors (Lipinski definition) is 0. The van der Waals surface area contributed by atoms with Crippen LogP contribution in [0.15, 0.2) is 17.1 Å². The molecule has 8 heteroatoms. The number of ether oxygens (including phenoxy) is 1. The van der Waals surface area contributed by atoms with Crippen molar-refractivity contribution in [1.82, 2.24) is 24.1 Å². The quantitative estimate of drug-likeness (QED) is 0.784. The van der Waals surface area contributed by atoms with E-state index in [1.54, 1.807) is 4.68 Å². The lowest BCUT2D eigenvalue weighted by Crippen LogP contribution is -2.38. The maximum Gasteiger partial charge on any atom is 0.347 e. The molecule has 2 aromatic rings. The highest BCUT2D eigenvalue weighted by atomic mass is 16.6. The summed E-state index contributed by atoms with van der Waals surface area (Å²) < 4.78 is 10.0. The first-order chi connectivity index (χ1) is 11.2. The zero-order chi connectivity index (χ0) is 17.5. The van der Waals surface area contributed by atoms with Gasteiger partial charge in [0.2, 0.25) is 0 Å².